The number of piperidine rings is 2. The average Bonchev–Trinajstić information content (AvgIpc) is 3.71. The zero-order valence-electron chi connectivity index (χ0n) is 31.3. The third kappa shape index (κ3) is 7.37. The smallest absolute Gasteiger partial charge is 0.434 e. The lowest BCUT2D eigenvalue weighted by Crippen LogP contribution is -2.44. The van der Waals surface area contributed by atoms with Gasteiger partial charge >= 0.3 is 11.9 Å². The number of ether oxygens (including phenoxy) is 1. The number of amides is 3. The maximum absolute atomic E-state index is 16.1. The van der Waals surface area contributed by atoms with E-state index >= 15 is 4.39 Å². The molecule has 5 aromatic rings. The van der Waals surface area contributed by atoms with Crippen LogP contribution in [0, 0.1) is 5.92 Å². The average molecular weight is 792 g/mol. The summed E-state index contributed by atoms with van der Waals surface area (Å²) >= 11 is 0. The molecular formula is C39H41F4N9O5. The highest BCUT2D eigenvalue weighted by Gasteiger charge is 2.37. The van der Waals surface area contributed by atoms with Crippen LogP contribution in [0.25, 0.3) is 16.7 Å². The van der Waals surface area contributed by atoms with Gasteiger partial charge in [0.1, 0.15) is 35.0 Å². The summed E-state index contributed by atoms with van der Waals surface area (Å²) in [5.41, 5.74) is 1.46. The second-order valence-electron chi connectivity index (χ2n) is 15.2. The van der Waals surface area contributed by atoms with Gasteiger partial charge in [-0.05, 0) is 62.6 Å². The number of fused-ring (bicyclic) bond motifs is 2. The molecule has 300 valence electrons. The number of para-hydroxylation sites is 1. The summed E-state index contributed by atoms with van der Waals surface area (Å²) < 4.78 is 65.6. The summed E-state index contributed by atoms with van der Waals surface area (Å²) in [4.78, 5) is 64.6. The fourth-order valence-corrected chi connectivity index (χ4v) is 8.78. The molecule has 14 nitrogen and oxygen atoms in total. The van der Waals surface area contributed by atoms with Crippen molar-refractivity contribution in [1.29, 1.82) is 0 Å². The normalized spacial score (nSPS) is 23.5. The first-order valence-electron chi connectivity index (χ1n) is 19.0. The number of nitrogens with zero attached hydrogens (tertiary/aromatic N) is 7. The highest BCUT2D eigenvalue weighted by atomic mass is 19.4. The predicted molar refractivity (Wildman–Crippen MR) is 199 cm³/mol. The van der Waals surface area contributed by atoms with Gasteiger partial charge in [0.15, 0.2) is 5.69 Å². The Hall–Kier alpha value is -5.65. The lowest BCUT2D eigenvalue weighted by Gasteiger charge is -2.38. The standard InChI is InChI=1S/C39H41F4N9O5/c1-49-35-24(4-3-5-29(35)52(38(49)56)30-10-11-34(53)48-37(30)55)23-12-13-50(18-25(23)40)17-21-6-8-22(9-7-21)27-19-51-20-28(31(57-2)14-33(51)46-27)47-36(54)26-15-44-16-32(45-26)39(41,42)43/h3-5,14-16,19-23,25,30H,6-13,17-18H2,1-2H3,(H,47,54)(H,48,53,55)/t21?,22?,23-,25+,30?/m0/s1. The van der Waals surface area contributed by atoms with Crippen molar-refractivity contribution in [3.05, 3.63) is 82.2 Å². The highest BCUT2D eigenvalue weighted by Crippen LogP contribution is 2.39. The number of anilines is 1. The van der Waals surface area contributed by atoms with Gasteiger partial charge in [-0.2, -0.15) is 13.2 Å². The molecule has 1 aliphatic carbocycles. The van der Waals surface area contributed by atoms with Crippen LogP contribution >= 0.6 is 0 Å². The molecule has 0 bridgehead atoms. The molecular weight excluding hydrogens is 750 g/mol. The number of pyridine rings is 1. The topological polar surface area (TPSA) is 158 Å². The maximum atomic E-state index is 16.1. The highest BCUT2D eigenvalue weighted by molar-refractivity contribution is 6.03. The third-order valence-corrected chi connectivity index (χ3v) is 11.7. The van der Waals surface area contributed by atoms with E-state index in [-0.39, 0.29) is 48.3 Å². The van der Waals surface area contributed by atoms with E-state index in [0.29, 0.717) is 41.8 Å². The molecule has 2 N–H and O–H groups in total. The molecule has 1 saturated carbocycles. The number of nitrogens with one attached hydrogen (secondary N) is 2. The number of methoxy groups -OCH3 is 1. The fraction of sp³-hybridized carbons (Fsp3) is 0.462. The molecule has 0 radical (unpaired) electrons. The maximum Gasteiger partial charge on any atom is 0.434 e. The Labute approximate surface area is 323 Å². The van der Waals surface area contributed by atoms with Crippen molar-refractivity contribution in [3.63, 3.8) is 0 Å². The Morgan fingerprint density at radius 2 is 1.82 bits per heavy atom. The molecule has 3 aliphatic rings. The van der Waals surface area contributed by atoms with Crippen molar-refractivity contribution in [2.75, 3.05) is 32.1 Å². The monoisotopic (exact) mass is 791 g/mol. The first-order valence-corrected chi connectivity index (χ1v) is 19.0. The number of imidazole rings is 2. The third-order valence-electron chi connectivity index (χ3n) is 11.7. The molecule has 2 saturated heterocycles. The molecule has 1 unspecified atom stereocenters. The lowest BCUT2D eigenvalue weighted by atomic mass is 9.80. The number of hydrogen-bond donors (Lipinski definition) is 2. The van der Waals surface area contributed by atoms with Crippen molar-refractivity contribution in [2.24, 2.45) is 13.0 Å². The van der Waals surface area contributed by atoms with Crippen LogP contribution in [0.3, 0.4) is 0 Å². The molecule has 8 rings (SSSR count). The van der Waals surface area contributed by atoms with Gasteiger partial charge in [-0.1, -0.05) is 12.1 Å². The second-order valence-corrected chi connectivity index (χ2v) is 15.2. The van der Waals surface area contributed by atoms with Gasteiger partial charge in [0.25, 0.3) is 5.91 Å². The Morgan fingerprint density at radius 1 is 1.04 bits per heavy atom. The van der Waals surface area contributed by atoms with Crippen molar-refractivity contribution in [1.82, 2.24) is 38.7 Å². The van der Waals surface area contributed by atoms with Crippen LogP contribution in [-0.4, -0.2) is 84.0 Å². The predicted octanol–water partition coefficient (Wildman–Crippen LogP) is 5.14. The number of benzene rings is 1. The van der Waals surface area contributed by atoms with Crippen molar-refractivity contribution in [2.45, 2.75) is 75.2 Å². The summed E-state index contributed by atoms with van der Waals surface area (Å²) in [6.07, 6.45) is 3.68. The summed E-state index contributed by atoms with van der Waals surface area (Å²) in [6, 6.07) is 6.27. The molecule has 3 fully saturated rings. The van der Waals surface area contributed by atoms with Gasteiger partial charge in [0.05, 0.1) is 36.2 Å². The number of alkyl halides is 4. The number of carbonyl (C=O) groups is 3. The minimum Gasteiger partial charge on any atom is -0.494 e. The van der Waals surface area contributed by atoms with Gasteiger partial charge in [-0.3, -0.25) is 33.8 Å². The van der Waals surface area contributed by atoms with Crippen LogP contribution in [0.15, 0.2) is 53.8 Å². The zero-order valence-corrected chi connectivity index (χ0v) is 31.3. The molecule has 6 heterocycles. The van der Waals surface area contributed by atoms with E-state index in [4.69, 9.17) is 9.72 Å². The SMILES string of the molecule is COc1cc2nc(C3CCC(CN4CC[C@@H](c5cccc6c5n(C)c(=O)n6C5CCC(=O)NC5=O)[C@H](F)C4)CC3)cn2cc1NC(=O)c1cncc(C(F)(F)F)n1. The minimum atomic E-state index is -4.75. The zero-order chi connectivity index (χ0) is 40.2. The largest absolute Gasteiger partial charge is 0.494 e. The molecule has 57 heavy (non-hydrogen) atoms. The first kappa shape index (κ1) is 38.2. The molecule has 18 heteroatoms. The molecule has 1 aromatic carbocycles. The second kappa shape index (κ2) is 15.0. The van der Waals surface area contributed by atoms with E-state index < -0.39 is 47.5 Å². The summed E-state index contributed by atoms with van der Waals surface area (Å²) in [5, 5.41) is 4.90. The van der Waals surface area contributed by atoms with Crippen LogP contribution in [0.2, 0.25) is 0 Å². The van der Waals surface area contributed by atoms with Crippen LogP contribution in [0.5, 0.6) is 5.75 Å². The van der Waals surface area contributed by atoms with E-state index in [9.17, 15) is 32.3 Å². The van der Waals surface area contributed by atoms with E-state index in [2.05, 4.69) is 25.5 Å². The van der Waals surface area contributed by atoms with Crippen LogP contribution in [0.4, 0.5) is 23.2 Å². The molecule has 0 spiro atoms. The summed E-state index contributed by atoms with van der Waals surface area (Å²) in [5.74, 6) is -1.32. The van der Waals surface area contributed by atoms with Gasteiger partial charge in [0, 0.05) is 56.9 Å². The molecule has 2 aliphatic heterocycles. The Bertz CT molecular complexity index is 2430. The number of aryl methyl sites for hydroxylation is 1. The van der Waals surface area contributed by atoms with Crippen molar-refractivity contribution >= 4 is 40.1 Å². The van der Waals surface area contributed by atoms with E-state index in [1.807, 2.05) is 12.3 Å². The number of imide groups is 1. The number of likely N-dealkylation sites (tertiary alicyclic amines) is 1. The number of rotatable bonds is 8. The van der Waals surface area contributed by atoms with Gasteiger partial charge in [-0.15, -0.1) is 0 Å². The number of hydrogen-bond acceptors (Lipinski definition) is 9. The van der Waals surface area contributed by atoms with E-state index in [0.717, 1.165) is 49.7 Å². The Morgan fingerprint density at radius 3 is 2.54 bits per heavy atom. The lowest BCUT2D eigenvalue weighted by molar-refractivity contribution is -0.141. The number of halogens is 4. The number of aromatic nitrogens is 6. The quantitative estimate of drug-likeness (QED) is 0.161. The van der Waals surface area contributed by atoms with Gasteiger partial charge in [0.2, 0.25) is 11.8 Å². The summed E-state index contributed by atoms with van der Waals surface area (Å²) in [6.45, 7) is 1.75. The molecule has 3 atom stereocenters. The van der Waals surface area contributed by atoms with Crippen molar-refractivity contribution < 1.29 is 36.7 Å². The Kier molecular flexibility index (Phi) is 10.1. The Balaban J connectivity index is 0.892. The van der Waals surface area contributed by atoms with E-state index in [1.54, 1.807) is 35.8 Å². The minimum absolute atomic E-state index is 0.140. The van der Waals surface area contributed by atoms with Gasteiger partial charge in [-0.25, -0.2) is 19.2 Å². The molecule has 4 aromatic heterocycles. The molecule has 3 amide bonds. The van der Waals surface area contributed by atoms with Crippen molar-refractivity contribution in [3.8, 4) is 5.75 Å². The van der Waals surface area contributed by atoms with E-state index in [1.165, 1.54) is 16.2 Å². The number of carbonyl (C=O) groups excluding carboxylic acids is 3. The van der Waals surface area contributed by atoms with Crippen LogP contribution < -0.4 is 21.1 Å². The van der Waals surface area contributed by atoms with Gasteiger partial charge < -0.3 is 19.4 Å². The van der Waals surface area contributed by atoms with Crippen LogP contribution in [-0.2, 0) is 22.8 Å². The summed E-state index contributed by atoms with van der Waals surface area (Å²) in [7, 11) is 3.05. The first-order chi connectivity index (χ1) is 27.3. The van der Waals surface area contributed by atoms with Crippen LogP contribution in [0.1, 0.15) is 90.3 Å². The fourth-order valence-electron chi connectivity index (χ4n) is 8.78.